The van der Waals surface area contributed by atoms with Crippen LogP contribution < -0.4 is 5.32 Å². The van der Waals surface area contributed by atoms with Crippen molar-refractivity contribution in [3.63, 3.8) is 0 Å². The summed E-state index contributed by atoms with van der Waals surface area (Å²) in [5.74, 6) is 0.0619. The van der Waals surface area contributed by atoms with E-state index in [1.807, 2.05) is 4.90 Å². The summed E-state index contributed by atoms with van der Waals surface area (Å²) in [7, 11) is 0. The fraction of sp³-hybridized carbons (Fsp3) is 0.500. The van der Waals surface area contributed by atoms with Gasteiger partial charge in [0, 0.05) is 37.0 Å². The maximum atomic E-state index is 12.8. The van der Waals surface area contributed by atoms with Crippen LogP contribution in [0.1, 0.15) is 36.0 Å². The van der Waals surface area contributed by atoms with Gasteiger partial charge in [-0.05, 0) is 43.5 Å². The van der Waals surface area contributed by atoms with Crippen LogP contribution in [0.4, 0.5) is 4.39 Å². The number of hydrogen-bond donors (Lipinski definition) is 1. The topological polar surface area (TPSA) is 49.4 Å². The zero-order valence-electron chi connectivity index (χ0n) is 12.4. The molecule has 1 saturated heterocycles. The van der Waals surface area contributed by atoms with E-state index in [2.05, 4.69) is 5.32 Å². The van der Waals surface area contributed by atoms with Crippen molar-refractivity contribution in [2.45, 2.75) is 31.7 Å². The Morgan fingerprint density at radius 1 is 1.23 bits per heavy atom. The number of benzene rings is 1. The summed E-state index contributed by atoms with van der Waals surface area (Å²) in [4.78, 5) is 25.8. The first kappa shape index (κ1) is 16.7. The van der Waals surface area contributed by atoms with Gasteiger partial charge in [0.25, 0.3) is 5.91 Å². The van der Waals surface area contributed by atoms with E-state index in [-0.39, 0.29) is 23.7 Å². The minimum absolute atomic E-state index is 0.0506. The molecule has 1 aliphatic rings. The molecule has 6 heteroatoms. The molecule has 0 bridgehead atoms. The molecule has 0 aromatic heterocycles. The van der Waals surface area contributed by atoms with E-state index < -0.39 is 0 Å². The molecule has 1 aliphatic heterocycles. The number of alkyl halides is 1. The van der Waals surface area contributed by atoms with Crippen LogP contribution in [0.2, 0.25) is 0 Å². The Kier molecular flexibility index (Phi) is 6.19. The molecule has 22 heavy (non-hydrogen) atoms. The third-order valence-electron chi connectivity index (χ3n) is 3.81. The summed E-state index contributed by atoms with van der Waals surface area (Å²) < 4.78 is 12.8. The Balaban J connectivity index is 1.78. The minimum atomic E-state index is -0.361. The van der Waals surface area contributed by atoms with Crippen molar-refractivity contribution in [3.8, 4) is 0 Å². The van der Waals surface area contributed by atoms with Gasteiger partial charge in [-0.15, -0.1) is 11.6 Å². The summed E-state index contributed by atoms with van der Waals surface area (Å²) >= 11 is 5.59. The van der Waals surface area contributed by atoms with E-state index in [0.717, 1.165) is 12.8 Å². The lowest BCUT2D eigenvalue weighted by atomic mass is 10.0. The third-order valence-corrected chi connectivity index (χ3v) is 4.08. The molecule has 2 amide bonds. The quantitative estimate of drug-likeness (QED) is 0.845. The van der Waals surface area contributed by atoms with Crippen LogP contribution >= 0.6 is 11.6 Å². The molecule has 2 rings (SSSR count). The lowest BCUT2D eigenvalue weighted by Crippen LogP contribution is -2.46. The second kappa shape index (κ2) is 8.13. The number of carbonyl (C=O) groups is 2. The molecule has 0 unspecified atom stereocenters. The molecule has 0 spiro atoms. The second-order valence-electron chi connectivity index (χ2n) is 5.43. The van der Waals surface area contributed by atoms with Crippen molar-refractivity contribution in [1.82, 2.24) is 10.2 Å². The molecule has 1 heterocycles. The average molecular weight is 327 g/mol. The second-order valence-corrected chi connectivity index (χ2v) is 5.81. The van der Waals surface area contributed by atoms with E-state index in [9.17, 15) is 14.0 Å². The molecule has 0 aliphatic carbocycles. The van der Waals surface area contributed by atoms with Crippen molar-refractivity contribution >= 4 is 23.4 Å². The highest BCUT2D eigenvalue weighted by atomic mass is 35.5. The summed E-state index contributed by atoms with van der Waals surface area (Å²) in [6.45, 7) is 1.30. The number of nitrogens with one attached hydrogen (secondary N) is 1. The van der Waals surface area contributed by atoms with Crippen molar-refractivity contribution < 1.29 is 14.0 Å². The first-order valence-electron chi connectivity index (χ1n) is 7.50. The fourth-order valence-electron chi connectivity index (χ4n) is 2.52. The Hall–Kier alpha value is -1.62. The van der Waals surface area contributed by atoms with Crippen molar-refractivity contribution in [2.24, 2.45) is 0 Å². The predicted octanol–water partition coefficient (Wildman–Crippen LogP) is 2.57. The molecule has 0 atom stereocenters. The number of halogens is 2. The number of amides is 2. The maximum Gasteiger partial charge on any atom is 0.251 e. The van der Waals surface area contributed by atoms with Gasteiger partial charge in [-0.1, -0.05) is 0 Å². The van der Waals surface area contributed by atoms with Gasteiger partial charge in [-0.25, -0.2) is 4.39 Å². The van der Waals surface area contributed by atoms with Crippen molar-refractivity contribution in [1.29, 1.82) is 0 Å². The van der Waals surface area contributed by atoms with Gasteiger partial charge in [-0.2, -0.15) is 0 Å². The molecule has 0 saturated carbocycles. The molecule has 0 radical (unpaired) electrons. The van der Waals surface area contributed by atoms with Crippen molar-refractivity contribution in [3.05, 3.63) is 35.6 Å². The van der Waals surface area contributed by atoms with Crippen LogP contribution in [-0.2, 0) is 4.79 Å². The van der Waals surface area contributed by atoms with Gasteiger partial charge in [0.1, 0.15) is 5.82 Å². The van der Waals surface area contributed by atoms with Crippen LogP contribution in [-0.4, -0.2) is 41.7 Å². The van der Waals surface area contributed by atoms with Crippen LogP contribution in [0.3, 0.4) is 0 Å². The van der Waals surface area contributed by atoms with E-state index in [4.69, 9.17) is 11.6 Å². The number of nitrogens with zero attached hydrogens (tertiary/aromatic N) is 1. The smallest absolute Gasteiger partial charge is 0.251 e. The molecular weight excluding hydrogens is 307 g/mol. The van der Waals surface area contributed by atoms with Gasteiger partial charge in [-0.3, -0.25) is 9.59 Å². The summed E-state index contributed by atoms with van der Waals surface area (Å²) in [5, 5.41) is 2.94. The molecule has 1 aromatic rings. The summed E-state index contributed by atoms with van der Waals surface area (Å²) in [6.07, 6.45) is 2.65. The number of piperidine rings is 1. The van der Waals surface area contributed by atoms with Crippen LogP contribution in [0.25, 0.3) is 0 Å². The van der Waals surface area contributed by atoms with Gasteiger partial charge >= 0.3 is 0 Å². The summed E-state index contributed by atoms with van der Waals surface area (Å²) in [5.41, 5.74) is 0.446. The Morgan fingerprint density at radius 3 is 2.45 bits per heavy atom. The fourth-order valence-corrected chi connectivity index (χ4v) is 2.65. The Bertz CT molecular complexity index is 513. The highest BCUT2D eigenvalue weighted by Gasteiger charge is 2.23. The number of likely N-dealkylation sites (tertiary alicyclic amines) is 1. The molecule has 1 fully saturated rings. The third kappa shape index (κ3) is 4.70. The van der Waals surface area contributed by atoms with Crippen LogP contribution in [0, 0.1) is 5.82 Å². The maximum absolute atomic E-state index is 12.8. The van der Waals surface area contributed by atoms with Gasteiger partial charge in [0.2, 0.25) is 5.91 Å². The molecule has 1 N–H and O–H groups in total. The normalized spacial score (nSPS) is 15.6. The number of rotatable bonds is 5. The zero-order chi connectivity index (χ0) is 15.9. The predicted molar refractivity (Wildman–Crippen MR) is 83.4 cm³/mol. The number of carbonyl (C=O) groups excluding carboxylic acids is 2. The SMILES string of the molecule is O=C(NC1CCN(C(=O)CCCCl)CC1)c1ccc(F)cc1. The van der Waals surface area contributed by atoms with E-state index in [0.29, 0.717) is 37.4 Å². The van der Waals surface area contributed by atoms with Crippen molar-refractivity contribution in [2.75, 3.05) is 19.0 Å². The van der Waals surface area contributed by atoms with Crippen LogP contribution in [0.5, 0.6) is 0 Å². The lowest BCUT2D eigenvalue weighted by molar-refractivity contribution is -0.132. The Labute approximate surface area is 134 Å². The van der Waals surface area contributed by atoms with Crippen LogP contribution in [0.15, 0.2) is 24.3 Å². The highest BCUT2D eigenvalue weighted by molar-refractivity contribution is 6.17. The molecule has 4 nitrogen and oxygen atoms in total. The first-order valence-corrected chi connectivity index (χ1v) is 8.04. The standard InChI is InChI=1S/C16H20ClFN2O2/c17-9-1-2-15(21)20-10-7-14(8-11-20)19-16(22)12-3-5-13(18)6-4-12/h3-6,14H,1-2,7-11H2,(H,19,22). The lowest BCUT2D eigenvalue weighted by Gasteiger charge is -2.32. The molecular formula is C16H20ClFN2O2. The molecule has 120 valence electrons. The highest BCUT2D eigenvalue weighted by Crippen LogP contribution is 2.13. The van der Waals surface area contributed by atoms with Gasteiger partial charge in [0.05, 0.1) is 0 Å². The monoisotopic (exact) mass is 326 g/mol. The number of hydrogen-bond acceptors (Lipinski definition) is 2. The Morgan fingerprint density at radius 2 is 1.86 bits per heavy atom. The summed E-state index contributed by atoms with van der Waals surface area (Å²) in [6, 6.07) is 5.53. The van der Waals surface area contributed by atoms with Gasteiger partial charge < -0.3 is 10.2 Å². The van der Waals surface area contributed by atoms with Gasteiger partial charge in [0.15, 0.2) is 0 Å². The van der Waals surface area contributed by atoms with E-state index in [1.165, 1.54) is 24.3 Å². The van der Waals surface area contributed by atoms with E-state index >= 15 is 0 Å². The van der Waals surface area contributed by atoms with E-state index in [1.54, 1.807) is 0 Å². The minimum Gasteiger partial charge on any atom is -0.349 e. The largest absolute Gasteiger partial charge is 0.349 e. The first-order chi connectivity index (χ1) is 10.6. The molecule has 1 aromatic carbocycles. The average Bonchev–Trinajstić information content (AvgIpc) is 2.54. The zero-order valence-corrected chi connectivity index (χ0v) is 13.1.